The monoisotopic (exact) mass is 185 g/mol. The van der Waals surface area contributed by atoms with E-state index in [-0.39, 0.29) is 0 Å². The summed E-state index contributed by atoms with van der Waals surface area (Å²) in [6.07, 6.45) is 7.99. The van der Waals surface area contributed by atoms with Crippen LogP contribution in [0.1, 0.15) is 12.5 Å². The highest BCUT2D eigenvalue weighted by Crippen LogP contribution is 2.02. The molecule has 0 atom stereocenters. The maximum Gasteiger partial charge on any atom is 0.0643 e. The molecule has 0 aromatic heterocycles. The molecule has 1 aromatic rings. The molecule has 0 amide bonds. The van der Waals surface area contributed by atoms with Gasteiger partial charge in [-0.1, -0.05) is 48.6 Å². The zero-order chi connectivity index (χ0) is 10.2. The molecule has 0 spiro atoms. The number of aliphatic imine (C=N–C) groups is 1. The summed E-state index contributed by atoms with van der Waals surface area (Å²) in [6.45, 7) is 2.00. The van der Waals surface area contributed by atoms with Gasteiger partial charge in [0.2, 0.25) is 0 Å². The molecule has 14 heavy (non-hydrogen) atoms. The summed E-state index contributed by atoms with van der Waals surface area (Å²) in [5.74, 6) is 0. The highest BCUT2D eigenvalue weighted by Gasteiger charge is 1.94. The first-order valence-corrected chi connectivity index (χ1v) is 4.70. The molecule has 0 bridgehead atoms. The van der Waals surface area contributed by atoms with Crippen molar-refractivity contribution in [2.45, 2.75) is 6.92 Å². The fourth-order valence-corrected chi connectivity index (χ4v) is 1.17. The van der Waals surface area contributed by atoms with Crippen LogP contribution in [0.2, 0.25) is 0 Å². The lowest BCUT2D eigenvalue weighted by atomic mass is 10.1. The Labute approximate surface area is 85.5 Å². The molecule has 1 nitrogen and oxygen atoms in total. The van der Waals surface area contributed by atoms with Crippen molar-refractivity contribution in [3.05, 3.63) is 60.2 Å². The van der Waals surface area contributed by atoms with Crippen LogP contribution in [0, 0.1) is 0 Å². The first-order chi connectivity index (χ1) is 6.88. The minimum atomic E-state index is 1.00. The van der Waals surface area contributed by atoms with E-state index in [0.29, 0.717) is 0 Å². The number of benzene rings is 1. The predicted molar refractivity (Wildman–Crippen MR) is 62.9 cm³/mol. The number of allylic oxidation sites excluding steroid dienone is 4. The van der Waals surface area contributed by atoms with E-state index < -0.39 is 0 Å². The second-order valence-electron chi connectivity index (χ2n) is 2.86. The van der Waals surface area contributed by atoms with Crippen LogP contribution in [0.25, 0.3) is 0 Å². The van der Waals surface area contributed by atoms with E-state index in [1.165, 1.54) is 0 Å². The van der Waals surface area contributed by atoms with Crippen LogP contribution in [0.15, 0.2) is 59.6 Å². The molecule has 0 fully saturated rings. The molecule has 0 saturated carbocycles. The van der Waals surface area contributed by atoms with Crippen molar-refractivity contribution in [3.8, 4) is 0 Å². The van der Waals surface area contributed by atoms with E-state index in [0.717, 1.165) is 11.3 Å². The first-order valence-electron chi connectivity index (χ1n) is 4.70. The summed E-state index contributed by atoms with van der Waals surface area (Å²) < 4.78 is 0. The maximum atomic E-state index is 4.23. The van der Waals surface area contributed by atoms with Crippen molar-refractivity contribution < 1.29 is 0 Å². The van der Waals surface area contributed by atoms with E-state index in [9.17, 15) is 0 Å². The van der Waals surface area contributed by atoms with Gasteiger partial charge in [-0.3, -0.25) is 4.99 Å². The lowest BCUT2D eigenvalue weighted by Gasteiger charge is -1.98. The standard InChI is InChI=1S/C13H15N/c1-3-4-6-11-13(14-2)12-9-7-5-8-10-12/h3-11H,1-2H3/b4-3-,11-6-,14-13-. The number of hydrogen-bond donors (Lipinski definition) is 0. The van der Waals surface area contributed by atoms with E-state index in [2.05, 4.69) is 17.1 Å². The van der Waals surface area contributed by atoms with Gasteiger partial charge in [-0.25, -0.2) is 0 Å². The van der Waals surface area contributed by atoms with Crippen molar-refractivity contribution in [3.63, 3.8) is 0 Å². The summed E-state index contributed by atoms with van der Waals surface area (Å²) in [4.78, 5) is 4.23. The first kappa shape index (κ1) is 10.5. The zero-order valence-corrected chi connectivity index (χ0v) is 8.64. The second-order valence-corrected chi connectivity index (χ2v) is 2.86. The molecule has 0 aliphatic carbocycles. The van der Waals surface area contributed by atoms with Crippen molar-refractivity contribution >= 4 is 5.71 Å². The van der Waals surface area contributed by atoms with Gasteiger partial charge in [0, 0.05) is 7.05 Å². The third kappa shape index (κ3) is 3.02. The molecule has 1 heteroatoms. The highest BCUT2D eigenvalue weighted by molar-refractivity contribution is 6.08. The molecule has 0 N–H and O–H groups in total. The van der Waals surface area contributed by atoms with Crippen molar-refractivity contribution in [2.75, 3.05) is 7.05 Å². The minimum Gasteiger partial charge on any atom is -0.288 e. The SMILES string of the molecule is C\C=C/C=C\C(=N\C)c1ccccc1. The summed E-state index contributed by atoms with van der Waals surface area (Å²) in [5.41, 5.74) is 2.15. The molecule has 0 heterocycles. The van der Waals surface area contributed by atoms with Gasteiger partial charge < -0.3 is 0 Å². The van der Waals surface area contributed by atoms with Crippen LogP contribution in [0.4, 0.5) is 0 Å². The Morgan fingerprint density at radius 3 is 2.43 bits per heavy atom. The van der Waals surface area contributed by atoms with E-state index in [4.69, 9.17) is 0 Å². The number of hydrogen-bond acceptors (Lipinski definition) is 1. The van der Waals surface area contributed by atoms with Gasteiger partial charge in [-0.2, -0.15) is 0 Å². The second kappa shape index (κ2) is 5.92. The third-order valence-corrected chi connectivity index (χ3v) is 1.87. The highest BCUT2D eigenvalue weighted by atomic mass is 14.7. The van der Waals surface area contributed by atoms with Crippen LogP contribution in [0.3, 0.4) is 0 Å². The van der Waals surface area contributed by atoms with Crippen LogP contribution in [0.5, 0.6) is 0 Å². The Kier molecular flexibility index (Phi) is 4.42. The van der Waals surface area contributed by atoms with Gasteiger partial charge in [0.1, 0.15) is 0 Å². The van der Waals surface area contributed by atoms with Gasteiger partial charge >= 0.3 is 0 Å². The van der Waals surface area contributed by atoms with Crippen LogP contribution >= 0.6 is 0 Å². The van der Waals surface area contributed by atoms with E-state index >= 15 is 0 Å². The van der Waals surface area contributed by atoms with Gasteiger partial charge in [0.25, 0.3) is 0 Å². The van der Waals surface area contributed by atoms with E-state index in [1.807, 2.05) is 56.5 Å². The Balaban J connectivity index is 2.85. The topological polar surface area (TPSA) is 12.4 Å². The van der Waals surface area contributed by atoms with Gasteiger partial charge in [-0.15, -0.1) is 0 Å². The van der Waals surface area contributed by atoms with Crippen molar-refractivity contribution in [2.24, 2.45) is 4.99 Å². The maximum absolute atomic E-state index is 4.23. The summed E-state index contributed by atoms with van der Waals surface area (Å²) in [7, 11) is 1.81. The smallest absolute Gasteiger partial charge is 0.0643 e. The summed E-state index contributed by atoms with van der Waals surface area (Å²) in [5, 5.41) is 0. The lowest BCUT2D eigenvalue weighted by Crippen LogP contribution is -1.95. The van der Waals surface area contributed by atoms with Crippen LogP contribution in [-0.4, -0.2) is 12.8 Å². The molecule has 72 valence electrons. The molecule has 0 radical (unpaired) electrons. The van der Waals surface area contributed by atoms with Crippen molar-refractivity contribution in [1.29, 1.82) is 0 Å². The van der Waals surface area contributed by atoms with Gasteiger partial charge in [0.05, 0.1) is 5.71 Å². The fraction of sp³-hybridized carbons (Fsp3) is 0.154. The molecule has 1 aromatic carbocycles. The number of rotatable bonds is 3. The zero-order valence-electron chi connectivity index (χ0n) is 8.64. The Morgan fingerprint density at radius 1 is 1.14 bits per heavy atom. The van der Waals surface area contributed by atoms with Crippen LogP contribution < -0.4 is 0 Å². The average Bonchev–Trinajstić information content (AvgIpc) is 2.26. The molecule has 0 aliphatic heterocycles. The Bertz CT molecular complexity index is 345. The third-order valence-electron chi connectivity index (χ3n) is 1.87. The molecular formula is C13H15N. The summed E-state index contributed by atoms with van der Waals surface area (Å²) in [6, 6.07) is 10.2. The fourth-order valence-electron chi connectivity index (χ4n) is 1.17. The molecular weight excluding hydrogens is 170 g/mol. The molecule has 0 saturated heterocycles. The largest absolute Gasteiger partial charge is 0.288 e. The lowest BCUT2D eigenvalue weighted by molar-refractivity contribution is 1.43. The normalized spacial score (nSPS) is 12.9. The minimum absolute atomic E-state index is 1.00. The Hall–Kier alpha value is -1.63. The molecule has 0 aliphatic rings. The van der Waals surface area contributed by atoms with E-state index in [1.54, 1.807) is 0 Å². The predicted octanol–water partition coefficient (Wildman–Crippen LogP) is 3.24. The summed E-state index contributed by atoms with van der Waals surface area (Å²) >= 11 is 0. The van der Waals surface area contributed by atoms with Crippen molar-refractivity contribution in [1.82, 2.24) is 0 Å². The van der Waals surface area contributed by atoms with Crippen LogP contribution in [-0.2, 0) is 0 Å². The van der Waals surface area contributed by atoms with Gasteiger partial charge in [-0.05, 0) is 18.6 Å². The van der Waals surface area contributed by atoms with Gasteiger partial charge in [0.15, 0.2) is 0 Å². The quantitative estimate of drug-likeness (QED) is 0.506. The molecule has 1 rings (SSSR count). The molecule has 0 unspecified atom stereocenters. The Morgan fingerprint density at radius 2 is 1.86 bits per heavy atom. The average molecular weight is 185 g/mol. The number of nitrogens with zero attached hydrogens (tertiary/aromatic N) is 1.